The van der Waals surface area contributed by atoms with Crippen LogP contribution in [0.15, 0.2) is 35.2 Å². The van der Waals surface area contributed by atoms with Gasteiger partial charge in [-0.05, 0) is 42.9 Å². The Morgan fingerprint density at radius 3 is 2.70 bits per heavy atom. The Hall–Kier alpha value is -1.72. The predicted molar refractivity (Wildman–Crippen MR) is 110 cm³/mol. The molecule has 0 unspecified atom stereocenters. The molecule has 144 valence electrons. The third-order valence-electron chi connectivity index (χ3n) is 6.17. The Kier molecular flexibility index (Phi) is 5.33. The van der Waals surface area contributed by atoms with Crippen LogP contribution >= 0.6 is 11.3 Å². The van der Waals surface area contributed by atoms with E-state index in [2.05, 4.69) is 48.0 Å². The summed E-state index contributed by atoms with van der Waals surface area (Å²) in [6.45, 7) is 9.50. The first-order valence-electron chi connectivity index (χ1n) is 10.0. The number of thiazole rings is 1. The number of hydrogen-bond donors (Lipinski definition) is 0. The van der Waals surface area contributed by atoms with E-state index in [-0.39, 0.29) is 11.3 Å². The van der Waals surface area contributed by atoms with Crippen molar-refractivity contribution in [1.29, 1.82) is 0 Å². The summed E-state index contributed by atoms with van der Waals surface area (Å²) in [6.07, 6.45) is 3.57. The van der Waals surface area contributed by atoms with E-state index in [1.807, 2.05) is 10.3 Å². The van der Waals surface area contributed by atoms with E-state index in [9.17, 15) is 4.79 Å². The fourth-order valence-electron chi connectivity index (χ4n) is 4.63. The predicted octanol–water partition coefficient (Wildman–Crippen LogP) is 4.39. The third-order valence-corrected chi connectivity index (χ3v) is 6.76. The normalized spacial score (nSPS) is 23.4. The molecule has 0 saturated carbocycles. The van der Waals surface area contributed by atoms with Gasteiger partial charge in [-0.25, -0.2) is 4.98 Å². The van der Waals surface area contributed by atoms with E-state index in [0.717, 1.165) is 39.1 Å². The zero-order valence-corrected chi connectivity index (χ0v) is 17.2. The summed E-state index contributed by atoms with van der Waals surface area (Å²) in [4.78, 5) is 21.5. The number of likely N-dealkylation sites (tertiary alicyclic amines) is 2. The molecule has 0 bridgehead atoms. The number of carbonyl (C=O) groups is 1. The van der Waals surface area contributed by atoms with Gasteiger partial charge in [0, 0.05) is 37.0 Å². The Morgan fingerprint density at radius 1 is 1.19 bits per heavy atom. The maximum absolute atomic E-state index is 12.6. The molecule has 3 heterocycles. The Labute approximate surface area is 166 Å². The molecule has 2 aliphatic heterocycles. The van der Waals surface area contributed by atoms with Crippen molar-refractivity contribution in [3.8, 4) is 0 Å². The standard InChI is InChI=1S/C22H29N3OS/c1-17(2)19-6-4-18(5-7-19)12-24-10-3-8-22(14-24)9-11-25(15-22)21(26)20-13-27-16-23-20/h4-7,13,16-17H,3,8-12,14-15H2,1-2H3/t22-/m0/s1. The molecule has 2 saturated heterocycles. The first-order valence-corrected chi connectivity index (χ1v) is 11.0. The lowest BCUT2D eigenvalue weighted by Crippen LogP contribution is -2.45. The number of benzene rings is 1. The second-order valence-electron chi connectivity index (χ2n) is 8.56. The summed E-state index contributed by atoms with van der Waals surface area (Å²) in [7, 11) is 0. The fraction of sp³-hybridized carbons (Fsp3) is 0.545. The number of amides is 1. The van der Waals surface area contributed by atoms with Crippen molar-refractivity contribution < 1.29 is 4.79 Å². The summed E-state index contributed by atoms with van der Waals surface area (Å²) in [5.74, 6) is 0.687. The smallest absolute Gasteiger partial charge is 0.273 e. The highest BCUT2D eigenvalue weighted by Gasteiger charge is 2.43. The highest BCUT2D eigenvalue weighted by Crippen LogP contribution is 2.39. The van der Waals surface area contributed by atoms with Crippen LogP contribution < -0.4 is 0 Å². The summed E-state index contributed by atoms with van der Waals surface area (Å²) in [5.41, 5.74) is 5.41. The Morgan fingerprint density at radius 2 is 2.00 bits per heavy atom. The first-order chi connectivity index (χ1) is 13.0. The highest BCUT2D eigenvalue weighted by atomic mass is 32.1. The summed E-state index contributed by atoms with van der Waals surface area (Å²) in [5, 5.41) is 1.86. The van der Waals surface area contributed by atoms with Gasteiger partial charge < -0.3 is 4.90 Å². The van der Waals surface area contributed by atoms with Crippen molar-refractivity contribution in [2.75, 3.05) is 26.2 Å². The molecule has 4 nitrogen and oxygen atoms in total. The summed E-state index contributed by atoms with van der Waals surface area (Å²) in [6, 6.07) is 9.10. The lowest BCUT2D eigenvalue weighted by molar-refractivity contribution is 0.0671. The Balaban J connectivity index is 1.38. The van der Waals surface area contributed by atoms with E-state index in [4.69, 9.17) is 0 Å². The molecule has 4 rings (SSSR count). The molecule has 2 fully saturated rings. The molecule has 1 spiro atoms. The van der Waals surface area contributed by atoms with Crippen molar-refractivity contribution in [3.05, 3.63) is 52.0 Å². The van der Waals surface area contributed by atoms with Crippen LogP contribution in [0.5, 0.6) is 0 Å². The van der Waals surface area contributed by atoms with Gasteiger partial charge in [-0.2, -0.15) is 0 Å². The largest absolute Gasteiger partial charge is 0.337 e. The molecule has 5 heteroatoms. The average molecular weight is 384 g/mol. The molecule has 0 radical (unpaired) electrons. The zero-order chi connectivity index (χ0) is 18.9. The summed E-state index contributed by atoms with van der Waals surface area (Å²) >= 11 is 1.49. The van der Waals surface area contributed by atoms with E-state index < -0.39 is 0 Å². The van der Waals surface area contributed by atoms with Gasteiger partial charge in [0.05, 0.1) is 5.51 Å². The molecule has 0 N–H and O–H groups in total. The van der Waals surface area contributed by atoms with Crippen LogP contribution in [0.4, 0.5) is 0 Å². The molecular formula is C22H29N3OS. The fourth-order valence-corrected chi connectivity index (χ4v) is 5.16. The molecule has 2 aromatic rings. The minimum atomic E-state index is 0.106. The molecule has 0 aliphatic carbocycles. The van der Waals surface area contributed by atoms with Crippen molar-refractivity contribution in [1.82, 2.24) is 14.8 Å². The van der Waals surface area contributed by atoms with Crippen LogP contribution in [-0.4, -0.2) is 46.9 Å². The maximum atomic E-state index is 12.6. The van der Waals surface area contributed by atoms with Gasteiger partial charge in [0.2, 0.25) is 0 Å². The molecule has 1 aromatic carbocycles. The van der Waals surface area contributed by atoms with Gasteiger partial charge in [-0.1, -0.05) is 38.1 Å². The number of hydrogen-bond acceptors (Lipinski definition) is 4. The number of aromatic nitrogens is 1. The summed E-state index contributed by atoms with van der Waals surface area (Å²) < 4.78 is 0. The number of nitrogens with zero attached hydrogens (tertiary/aromatic N) is 3. The lowest BCUT2D eigenvalue weighted by Gasteiger charge is -2.40. The SMILES string of the molecule is CC(C)c1ccc(CN2CCC[C@]3(CCN(C(=O)c4cscn4)C3)C2)cc1. The molecule has 1 atom stereocenters. The second kappa shape index (κ2) is 7.72. The Bertz CT molecular complexity index is 771. The topological polar surface area (TPSA) is 36.4 Å². The number of rotatable bonds is 4. The van der Waals surface area contributed by atoms with Crippen LogP contribution in [0.1, 0.15) is 60.6 Å². The van der Waals surface area contributed by atoms with Crippen LogP contribution in [0.3, 0.4) is 0 Å². The van der Waals surface area contributed by atoms with E-state index >= 15 is 0 Å². The van der Waals surface area contributed by atoms with Crippen LogP contribution in [-0.2, 0) is 6.54 Å². The maximum Gasteiger partial charge on any atom is 0.273 e. The van der Waals surface area contributed by atoms with Gasteiger partial charge in [0.15, 0.2) is 0 Å². The minimum absolute atomic E-state index is 0.106. The van der Waals surface area contributed by atoms with Gasteiger partial charge in [0.25, 0.3) is 5.91 Å². The van der Waals surface area contributed by atoms with E-state index in [1.54, 1.807) is 5.51 Å². The molecule has 1 amide bonds. The van der Waals surface area contributed by atoms with Crippen molar-refractivity contribution >= 4 is 17.2 Å². The van der Waals surface area contributed by atoms with Crippen LogP contribution in [0.25, 0.3) is 0 Å². The molecule has 27 heavy (non-hydrogen) atoms. The van der Waals surface area contributed by atoms with Gasteiger partial charge in [-0.3, -0.25) is 9.69 Å². The van der Waals surface area contributed by atoms with Gasteiger partial charge in [0.1, 0.15) is 5.69 Å². The van der Waals surface area contributed by atoms with Crippen LogP contribution in [0.2, 0.25) is 0 Å². The monoisotopic (exact) mass is 383 g/mol. The second-order valence-corrected chi connectivity index (χ2v) is 9.28. The van der Waals surface area contributed by atoms with Gasteiger partial charge >= 0.3 is 0 Å². The van der Waals surface area contributed by atoms with Gasteiger partial charge in [-0.15, -0.1) is 11.3 Å². The minimum Gasteiger partial charge on any atom is -0.337 e. The lowest BCUT2D eigenvalue weighted by atomic mass is 9.79. The van der Waals surface area contributed by atoms with Crippen molar-refractivity contribution in [3.63, 3.8) is 0 Å². The third kappa shape index (κ3) is 4.09. The molecule has 2 aliphatic rings. The van der Waals surface area contributed by atoms with Crippen LogP contribution in [0, 0.1) is 5.41 Å². The van der Waals surface area contributed by atoms with Crippen molar-refractivity contribution in [2.45, 2.75) is 45.6 Å². The molecular weight excluding hydrogens is 354 g/mol. The van der Waals surface area contributed by atoms with E-state index in [1.165, 1.54) is 35.3 Å². The highest BCUT2D eigenvalue weighted by molar-refractivity contribution is 7.07. The van der Waals surface area contributed by atoms with Crippen molar-refractivity contribution in [2.24, 2.45) is 5.41 Å². The average Bonchev–Trinajstić information content (AvgIpc) is 3.32. The zero-order valence-electron chi connectivity index (χ0n) is 16.4. The number of carbonyl (C=O) groups excluding carboxylic acids is 1. The van der Waals surface area contributed by atoms with E-state index in [0.29, 0.717) is 11.6 Å². The number of piperidine rings is 1. The molecule has 1 aromatic heterocycles. The quantitative estimate of drug-likeness (QED) is 0.785. The first kappa shape index (κ1) is 18.6.